The number of para-hydroxylation sites is 1. The summed E-state index contributed by atoms with van der Waals surface area (Å²) < 4.78 is 10.6. The van der Waals surface area contributed by atoms with Gasteiger partial charge < -0.3 is 14.5 Å². The largest absolute Gasteiger partial charge is 0.496 e. The third kappa shape index (κ3) is 2.90. The number of hydrogen-bond donors (Lipinski definition) is 1. The topological polar surface area (TPSA) is 77.2 Å². The zero-order chi connectivity index (χ0) is 13.8. The molecule has 0 radical (unpaired) electrons. The lowest BCUT2D eigenvalue weighted by molar-refractivity contribution is 0.0908. The number of nitrogens with zero attached hydrogens (tertiary/aromatic N) is 2. The van der Waals surface area contributed by atoms with Crippen LogP contribution in [0.2, 0.25) is 0 Å². The van der Waals surface area contributed by atoms with E-state index in [-0.39, 0.29) is 23.7 Å². The fourth-order valence-electron chi connectivity index (χ4n) is 1.57. The number of methoxy groups -OCH3 is 1. The Kier molecular flexibility index (Phi) is 3.79. The lowest BCUT2D eigenvalue weighted by Crippen LogP contribution is -2.30. The van der Waals surface area contributed by atoms with Gasteiger partial charge in [-0.25, -0.2) is 0 Å². The average Bonchev–Trinajstić information content (AvgIpc) is 2.87. The van der Waals surface area contributed by atoms with Gasteiger partial charge in [0.25, 0.3) is 5.89 Å². The highest BCUT2D eigenvalue weighted by Gasteiger charge is 2.18. The molecule has 1 N–H and O–H groups in total. The second-order valence-corrected chi connectivity index (χ2v) is 4.24. The van der Waals surface area contributed by atoms with Crippen molar-refractivity contribution in [1.82, 2.24) is 15.5 Å². The minimum atomic E-state index is -0.386. The normalized spacial score (nSPS) is 10.5. The first kappa shape index (κ1) is 13.1. The molecule has 0 atom stereocenters. The van der Waals surface area contributed by atoms with Gasteiger partial charge in [-0.1, -0.05) is 12.1 Å². The van der Waals surface area contributed by atoms with Crippen molar-refractivity contribution in [2.45, 2.75) is 19.9 Å². The molecule has 0 saturated heterocycles. The van der Waals surface area contributed by atoms with Gasteiger partial charge in [0.05, 0.1) is 12.7 Å². The zero-order valence-electron chi connectivity index (χ0n) is 11.0. The molecule has 2 aromatic rings. The third-order valence-corrected chi connectivity index (χ3v) is 2.38. The van der Waals surface area contributed by atoms with E-state index in [4.69, 9.17) is 9.15 Å². The second kappa shape index (κ2) is 5.51. The molecule has 1 aromatic carbocycles. The Morgan fingerprint density at radius 2 is 2.05 bits per heavy atom. The number of hydrogen-bond acceptors (Lipinski definition) is 5. The van der Waals surface area contributed by atoms with Crippen LogP contribution in [0.5, 0.6) is 5.75 Å². The Morgan fingerprint density at radius 1 is 1.32 bits per heavy atom. The molecule has 0 aliphatic rings. The van der Waals surface area contributed by atoms with Gasteiger partial charge in [-0.2, -0.15) is 0 Å². The average molecular weight is 261 g/mol. The lowest BCUT2D eigenvalue weighted by atomic mass is 10.2. The number of ether oxygens (including phenoxy) is 1. The van der Waals surface area contributed by atoms with Crippen molar-refractivity contribution in [3.8, 4) is 17.2 Å². The van der Waals surface area contributed by atoms with Crippen LogP contribution in [0, 0.1) is 0 Å². The number of benzene rings is 1. The van der Waals surface area contributed by atoms with Gasteiger partial charge in [-0.15, -0.1) is 10.2 Å². The molecule has 0 aliphatic heterocycles. The Bertz CT molecular complexity index is 578. The molecule has 1 aromatic heterocycles. The van der Waals surface area contributed by atoms with Crippen LogP contribution < -0.4 is 10.1 Å². The van der Waals surface area contributed by atoms with E-state index in [9.17, 15) is 4.79 Å². The molecule has 100 valence electrons. The molecular weight excluding hydrogens is 246 g/mol. The van der Waals surface area contributed by atoms with Crippen LogP contribution in [0.3, 0.4) is 0 Å². The quantitative estimate of drug-likeness (QED) is 0.909. The van der Waals surface area contributed by atoms with E-state index in [1.54, 1.807) is 19.2 Å². The zero-order valence-corrected chi connectivity index (χ0v) is 11.0. The highest BCUT2D eigenvalue weighted by atomic mass is 16.5. The number of nitrogens with one attached hydrogen (secondary N) is 1. The second-order valence-electron chi connectivity index (χ2n) is 4.24. The SMILES string of the molecule is COc1ccccc1-c1nnc(C(=O)NC(C)C)o1. The molecule has 1 heterocycles. The lowest BCUT2D eigenvalue weighted by Gasteiger charge is -2.04. The standard InChI is InChI=1S/C13H15N3O3/c1-8(2)14-11(17)13-16-15-12(19-13)9-6-4-5-7-10(9)18-3/h4-8H,1-3H3,(H,14,17). The summed E-state index contributed by atoms with van der Waals surface area (Å²) in [5.41, 5.74) is 0.654. The van der Waals surface area contributed by atoms with Crippen molar-refractivity contribution >= 4 is 5.91 Å². The smallest absolute Gasteiger partial charge is 0.309 e. The molecule has 1 amide bonds. The van der Waals surface area contributed by atoms with E-state index in [1.165, 1.54) is 0 Å². The minimum Gasteiger partial charge on any atom is -0.496 e. The summed E-state index contributed by atoms with van der Waals surface area (Å²) >= 11 is 0. The van der Waals surface area contributed by atoms with Gasteiger partial charge in [-0.05, 0) is 26.0 Å². The van der Waals surface area contributed by atoms with Crippen LogP contribution in [0.25, 0.3) is 11.5 Å². The fraction of sp³-hybridized carbons (Fsp3) is 0.308. The number of rotatable bonds is 4. The van der Waals surface area contributed by atoms with Gasteiger partial charge in [0.2, 0.25) is 0 Å². The maximum atomic E-state index is 11.7. The van der Waals surface area contributed by atoms with E-state index in [2.05, 4.69) is 15.5 Å². The first-order valence-corrected chi connectivity index (χ1v) is 5.89. The highest BCUT2D eigenvalue weighted by molar-refractivity contribution is 5.89. The Hall–Kier alpha value is -2.37. The molecule has 19 heavy (non-hydrogen) atoms. The molecule has 0 bridgehead atoms. The maximum Gasteiger partial charge on any atom is 0.309 e. The summed E-state index contributed by atoms with van der Waals surface area (Å²) in [6.07, 6.45) is 0. The highest BCUT2D eigenvalue weighted by Crippen LogP contribution is 2.28. The summed E-state index contributed by atoms with van der Waals surface area (Å²) in [6.45, 7) is 3.71. The molecule has 0 unspecified atom stereocenters. The van der Waals surface area contributed by atoms with Crippen molar-refractivity contribution < 1.29 is 13.9 Å². The Balaban J connectivity index is 2.28. The molecule has 6 nitrogen and oxygen atoms in total. The summed E-state index contributed by atoms with van der Waals surface area (Å²) in [6, 6.07) is 7.25. The summed E-state index contributed by atoms with van der Waals surface area (Å²) in [5.74, 6) is 0.423. The first-order chi connectivity index (χ1) is 9.11. The van der Waals surface area contributed by atoms with E-state index in [1.807, 2.05) is 26.0 Å². The van der Waals surface area contributed by atoms with Gasteiger partial charge in [0, 0.05) is 6.04 Å². The van der Waals surface area contributed by atoms with E-state index >= 15 is 0 Å². The van der Waals surface area contributed by atoms with Gasteiger partial charge in [0.1, 0.15) is 5.75 Å². The third-order valence-electron chi connectivity index (χ3n) is 2.38. The molecule has 6 heteroatoms. The Labute approximate surface area is 110 Å². The number of carbonyl (C=O) groups is 1. The van der Waals surface area contributed by atoms with Crippen LogP contribution in [-0.2, 0) is 0 Å². The van der Waals surface area contributed by atoms with Crippen molar-refractivity contribution in [3.05, 3.63) is 30.2 Å². The molecule has 2 rings (SSSR count). The van der Waals surface area contributed by atoms with Crippen LogP contribution in [-0.4, -0.2) is 29.3 Å². The van der Waals surface area contributed by atoms with Gasteiger partial charge in [0.15, 0.2) is 0 Å². The predicted molar refractivity (Wildman–Crippen MR) is 68.9 cm³/mol. The summed E-state index contributed by atoms with van der Waals surface area (Å²) in [5, 5.41) is 10.3. The van der Waals surface area contributed by atoms with E-state index in [0.717, 1.165) is 0 Å². The molecule has 0 spiro atoms. The van der Waals surface area contributed by atoms with Gasteiger partial charge >= 0.3 is 11.8 Å². The fourth-order valence-corrected chi connectivity index (χ4v) is 1.57. The number of amides is 1. The monoisotopic (exact) mass is 261 g/mol. The van der Waals surface area contributed by atoms with Crippen LogP contribution in [0.4, 0.5) is 0 Å². The molecular formula is C13H15N3O3. The van der Waals surface area contributed by atoms with Crippen LogP contribution in [0.15, 0.2) is 28.7 Å². The van der Waals surface area contributed by atoms with E-state index in [0.29, 0.717) is 11.3 Å². The first-order valence-electron chi connectivity index (χ1n) is 5.89. The molecule has 0 fully saturated rings. The van der Waals surface area contributed by atoms with Crippen molar-refractivity contribution in [2.24, 2.45) is 0 Å². The molecule has 0 aliphatic carbocycles. The maximum absolute atomic E-state index is 11.7. The van der Waals surface area contributed by atoms with Gasteiger partial charge in [-0.3, -0.25) is 4.79 Å². The van der Waals surface area contributed by atoms with E-state index < -0.39 is 0 Å². The molecule has 0 saturated carbocycles. The van der Waals surface area contributed by atoms with Crippen LogP contribution >= 0.6 is 0 Å². The summed E-state index contributed by atoms with van der Waals surface area (Å²) in [7, 11) is 1.56. The number of carbonyl (C=O) groups excluding carboxylic acids is 1. The summed E-state index contributed by atoms with van der Waals surface area (Å²) in [4.78, 5) is 11.7. The number of aromatic nitrogens is 2. The predicted octanol–water partition coefficient (Wildman–Crippen LogP) is 1.88. The Morgan fingerprint density at radius 3 is 2.74 bits per heavy atom. The minimum absolute atomic E-state index is 0.00844. The van der Waals surface area contributed by atoms with Crippen LogP contribution in [0.1, 0.15) is 24.5 Å². The van der Waals surface area contributed by atoms with Crippen molar-refractivity contribution in [3.63, 3.8) is 0 Å². The van der Waals surface area contributed by atoms with Crippen molar-refractivity contribution in [2.75, 3.05) is 7.11 Å². The van der Waals surface area contributed by atoms with Crippen molar-refractivity contribution in [1.29, 1.82) is 0 Å².